The smallest absolute Gasteiger partial charge is 0.326 e. The number of primary amides is 1. The van der Waals surface area contributed by atoms with Gasteiger partial charge in [0.25, 0.3) is 11.8 Å². The molecule has 0 bridgehead atoms. The molecule has 2 aromatic heterocycles. The molecule has 188 valence electrons. The zero-order valence-electron chi connectivity index (χ0n) is 20.1. The Labute approximate surface area is 211 Å². The lowest BCUT2D eigenvalue weighted by molar-refractivity contribution is 0.0992. The van der Waals surface area contributed by atoms with Crippen LogP contribution in [0.1, 0.15) is 27.8 Å². The summed E-state index contributed by atoms with van der Waals surface area (Å²) in [6.45, 7) is 2.48. The summed E-state index contributed by atoms with van der Waals surface area (Å²) in [4.78, 5) is 42.0. The second kappa shape index (κ2) is 10.3. The highest BCUT2D eigenvalue weighted by atomic mass is 19.1. The Balaban J connectivity index is 1.68. The molecule has 2 heterocycles. The van der Waals surface area contributed by atoms with Gasteiger partial charge < -0.3 is 20.9 Å². The van der Waals surface area contributed by atoms with Crippen molar-refractivity contribution in [2.24, 2.45) is 5.73 Å². The predicted molar refractivity (Wildman–Crippen MR) is 139 cm³/mol. The van der Waals surface area contributed by atoms with E-state index in [4.69, 9.17) is 11.1 Å². The van der Waals surface area contributed by atoms with E-state index < -0.39 is 23.7 Å². The Bertz CT molecular complexity index is 1530. The minimum absolute atomic E-state index is 0.161. The van der Waals surface area contributed by atoms with Gasteiger partial charge in [-0.25, -0.2) is 14.2 Å². The van der Waals surface area contributed by atoms with Gasteiger partial charge in [0.15, 0.2) is 5.69 Å². The number of nitrogens with zero attached hydrogens (tertiary/aromatic N) is 3. The number of nitrogens with two attached hydrogens (primary N) is 1. The highest BCUT2D eigenvalue weighted by molar-refractivity contribution is 6.11. The average Bonchev–Trinajstić information content (AvgIpc) is 3.28. The summed E-state index contributed by atoms with van der Waals surface area (Å²) in [5.74, 6) is -2.24. The molecule has 0 aliphatic carbocycles. The lowest BCUT2D eigenvalue weighted by Crippen LogP contribution is -2.29. The Morgan fingerprint density at radius 3 is 2.43 bits per heavy atom. The van der Waals surface area contributed by atoms with Crippen molar-refractivity contribution in [3.05, 3.63) is 77.9 Å². The first-order valence-electron chi connectivity index (χ1n) is 11.3. The van der Waals surface area contributed by atoms with E-state index in [-0.39, 0.29) is 16.9 Å². The van der Waals surface area contributed by atoms with Crippen molar-refractivity contribution in [2.45, 2.75) is 13.5 Å². The first kappa shape index (κ1) is 25.0. The Kier molecular flexibility index (Phi) is 6.96. The van der Waals surface area contributed by atoms with Gasteiger partial charge >= 0.3 is 6.03 Å². The van der Waals surface area contributed by atoms with E-state index in [0.717, 1.165) is 33.9 Å². The number of halogens is 1. The summed E-state index contributed by atoms with van der Waals surface area (Å²) < 4.78 is 15.8. The second-order valence-corrected chi connectivity index (χ2v) is 8.13. The number of rotatable bonds is 7. The Morgan fingerprint density at radius 1 is 1.08 bits per heavy atom. The molecule has 0 saturated carbocycles. The molecule has 0 unspecified atom stereocenters. The molecule has 4 aromatic rings. The normalized spacial score (nSPS) is 10.7. The van der Waals surface area contributed by atoms with Crippen LogP contribution in [-0.4, -0.2) is 45.7 Å². The Morgan fingerprint density at radius 2 is 1.78 bits per heavy atom. The maximum absolute atomic E-state index is 13.8. The zero-order valence-corrected chi connectivity index (χ0v) is 20.1. The third-order valence-electron chi connectivity index (χ3n) is 5.78. The fourth-order valence-electron chi connectivity index (χ4n) is 3.93. The number of aryl methyl sites for hydroxylation is 1. The number of urea groups is 1. The largest absolute Gasteiger partial charge is 0.366 e. The molecule has 0 atom stereocenters. The summed E-state index contributed by atoms with van der Waals surface area (Å²) in [6.07, 6.45) is 2.44. The van der Waals surface area contributed by atoms with E-state index in [9.17, 15) is 18.8 Å². The number of carbonyl (C=O) groups excluding carboxylic acids is 3. The standard InChI is InChI=1S/C26H24FN7O3/c1-3-34-21(15-4-6-17(7-5-15)32-26(37)33(2)14-28)12-16-10-11-30-22(23(16)34)25(36)31-18-8-9-20(27)19(13-18)24(29)35/h4-14,28H,3H2,1-2H3,(H2,29,35)(H,31,36)(H,32,37). The van der Waals surface area contributed by atoms with Gasteiger partial charge in [0, 0.05) is 42.2 Å². The molecule has 0 aliphatic heterocycles. The van der Waals surface area contributed by atoms with Crippen LogP contribution in [0.2, 0.25) is 0 Å². The van der Waals surface area contributed by atoms with Crippen LogP contribution in [0.3, 0.4) is 0 Å². The fourth-order valence-corrected chi connectivity index (χ4v) is 3.93. The van der Waals surface area contributed by atoms with Crippen LogP contribution in [0.15, 0.2) is 60.8 Å². The number of hydrogen-bond acceptors (Lipinski definition) is 5. The van der Waals surface area contributed by atoms with E-state index in [0.29, 0.717) is 17.7 Å². The van der Waals surface area contributed by atoms with Gasteiger partial charge in [0.2, 0.25) is 0 Å². The zero-order chi connectivity index (χ0) is 26.7. The molecular formula is C26H24FN7O3. The first-order chi connectivity index (χ1) is 17.7. The van der Waals surface area contributed by atoms with Crippen molar-refractivity contribution in [1.82, 2.24) is 14.5 Å². The number of anilines is 2. The van der Waals surface area contributed by atoms with Crippen LogP contribution in [-0.2, 0) is 6.54 Å². The van der Waals surface area contributed by atoms with E-state index in [2.05, 4.69) is 15.6 Å². The molecule has 2 aromatic carbocycles. The maximum atomic E-state index is 13.8. The van der Waals surface area contributed by atoms with Crippen molar-refractivity contribution in [3.8, 4) is 11.3 Å². The third kappa shape index (κ3) is 5.01. The van der Waals surface area contributed by atoms with Crippen LogP contribution >= 0.6 is 0 Å². The number of hydrogen-bond donors (Lipinski definition) is 4. The molecule has 4 rings (SSSR count). The third-order valence-corrected chi connectivity index (χ3v) is 5.78. The molecule has 37 heavy (non-hydrogen) atoms. The number of aromatic nitrogens is 2. The van der Waals surface area contributed by atoms with Crippen molar-refractivity contribution < 1.29 is 18.8 Å². The summed E-state index contributed by atoms with van der Waals surface area (Å²) in [6, 6.07) is 14.1. The number of pyridine rings is 1. The summed E-state index contributed by atoms with van der Waals surface area (Å²) in [5.41, 5.74) is 8.12. The Hall–Kier alpha value is -5.06. The quantitative estimate of drug-likeness (QED) is 0.221. The molecule has 5 N–H and O–H groups in total. The van der Waals surface area contributed by atoms with Crippen LogP contribution in [0.25, 0.3) is 22.2 Å². The van der Waals surface area contributed by atoms with Gasteiger partial charge in [-0.3, -0.25) is 19.9 Å². The number of amides is 4. The first-order valence-corrected chi connectivity index (χ1v) is 11.3. The van der Waals surface area contributed by atoms with E-state index >= 15 is 0 Å². The molecular weight excluding hydrogens is 477 g/mol. The maximum Gasteiger partial charge on any atom is 0.326 e. The fraction of sp³-hybridized carbons (Fsp3) is 0.115. The van der Waals surface area contributed by atoms with Gasteiger partial charge in [0.1, 0.15) is 5.82 Å². The summed E-state index contributed by atoms with van der Waals surface area (Å²) >= 11 is 0. The number of benzene rings is 2. The number of nitrogens with one attached hydrogen (secondary N) is 3. The molecule has 0 spiro atoms. The summed E-state index contributed by atoms with van der Waals surface area (Å²) in [7, 11) is 1.48. The molecule has 0 aliphatic rings. The van der Waals surface area contributed by atoms with Gasteiger partial charge in [0.05, 0.1) is 17.4 Å². The lowest BCUT2D eigenvalue weighted by atomic mass is 10.1. The van der Waals surface area contributed by atoms with Gasteiger partial charge in [-0.2, -0.15) is 0 Å². The van der Waals surface area contributed by atoms with Crippen molar-refractivity contribution in [1.29, 1.82) is 5.41 Å². The SMILES string of the molecule is CCn1c(-c2ccc(NC(=O)N(C)C=N)cc2)cc2ccnc(C(=O)Nc3ccc(F)c(C(N)=O)c3)c21. The van der Waals surface area contributed by atoms with E-state index in [1.807, 2.05) is 29.7 Å². The van der Waals surface area contributed by atoms with Crippen LogP contribution in [0.5, 0.6) is 0 Å². The second-order valence-electron chi connectivity index (χ2n) is 8.13. The van der Waals surface area contributed by atoms with Crippen LogP contribution in [0.4, 0.5) is 20.6 Å². The molecule has 10 nitrogen and oxygen atoms in total. The minimum atomic E-state index is -0.939. The predicted octanol–water partition coefficient (Wildman–Crippen LogP) is 4.28. The van der Waals surface area contributed by atoms with Gasteiger partial charge in [-0.05, 0) is 55.0 Å². The van der Waals surface area contributed by atoms with Crippen LogP contribution in [0, 0.1) is 11.2 Å². The topological polar surface area (TPSA) is 146 Å². The number of carbonyl (C=O) groups is 3. The van der Waals surface area contributed by atoms with Crippen molar-refractivity contribution >= 4 is 46.5 Å². The highest BCUT2D eigenvalue weighted by Gasteiger charge is 2.20. The van der Waals surface area contributed by atoms with E-state index in [1.165, 1.54) is 25.4 Å². The molecule has 4 amide bonds. The molecule has 0 radical (unpaired) electrons. The van der Waals surface area contributed by atoms with Gasteiger partial charge in [-0.1, -0.05) is 12.1 Å². The molecule has 11 heteroatoms. The van der Waals surface area contributed by atoms with E-state index in [1.54, 1.807) is 18.2 Å². The minimum Gasteiger partial charge on any atom is -0.366 e. The van der Waals surface area contributed by atoms with Crippen molar-refractivity contribution in [3.63, 3.8) is 0 Å². The van der Waals surface area contributed by atoms with Gasteiger partial charge in [-0.15, -0.1) is 0 Å². The monoisotopic (exact) mass is 501 g/mol. The van der Waals surface area contributed by atoms with Crippen molar-refractivity contribution in [2.75, 3.05) is 17.7 Å². The van der Waals surface area contributed by atoms with Crippen LogP contribution < -0.4 is 16.4 Å². The average molecular weight is 502 g/mol. The number of fused-ring (bicyclic) bond motifs is 1. The summed E-state index contributed by atoms with van der Waals surface area (Å²) in [5, 5.41) is 13.3. The highest BCUT2D eigenvalue weighted by Crippen LogP contribution is 2.31. The molecule has 0 fully saturated rings. The lowest BCUT2D eigenvalue weighted by Gasteiger charge is -2.13. The molecule has 0 saturated heterocycles.